The maximum Gasteiger partial charge on any atom is 0.0924 e. The summed E-state index contributed by atoms with van der Waals surface area (Å²) < 4.78 is 1.89. The summed E-state index contributed by atoms with van der Waals surface area (Å²) in [6.45, 7) is 8.68. The van der Waals surface area contributed by atoms with Crippen molar-refractivity contribution in [2.45, 2.75) is 52.7 Å². The first-order chi connectivity index (χ1) is 9.89. The third-order valence-electron chi connectivity index (χ3n) is 3.88. The molecule has 4 heteroatoms. The number of rotatable bonds is 5. The first kappa shape index (κ1) is 16.1. The zero-order valence-corrected chi connectivity index (χ0v) is 13.9. The predicted molar refractivity (Wildman–Crippen MR) is 86.7 cm³/mol. The Morgan fingerprint density at radius 2 is 1.86 bits per heavy atom. The Morgan fingerprint density at radius 3 is 2.38 bits per heavy atom. The molecule has 0 aliphatic heterocycles. The average Bonchev–Trinajstić information content (AvgIpc) is 2.75. The van der Waals surface area contributed by atoms with E-state index in [0.717, 1.165) is 29.9 Å². The van der Waals surface area contributed by atoms with Crippen LogP contribution in [0.4, 0.5) is 0 Å². The van der Waals surface area contributed by atoms with Gasteiger partial charge in [-0.05, 0) is 32.8 Å². The van der Waals surface area contributed by atoms with Crippen molar-refractivity contribution >= 4 is 11.6 Å². The molecule has 1 aromatic carbocycles. The first-order valence-electron chi connectivity index (χ1n) is 7.42. The van der Waals surface area contributed by atoms with E-state index in [1.54, 1.807) is 0 Å². The number of benzene rings is 1. The molecule has 1 unspecified atom stereocenters. The van der Waals surface area contributed by atoms with E-state index in [4.69, 9.17) is 11.6 Å². The molecule has 0 fully saturated rings. The quantitative estimate of drug-likeness (QED) is 0.910. The van der Waals surface area contributed by atoms with Crippen molar-refractivity contribution in [1.82, 2.24) is 9.78 Å². The van der Waals surface area contributed by atoms with Gasteiger partial charge < -0.3 is 5.11 Å². The van der Waals surface area contributed by atoms with Crippen molar-refractivity contribution in [3.05, 3.63) is 51.8 Å². The monoisotopic (exact) mass is 306 g/mol. The van der Waals surface area contributed by atoms with Gasteiger partial charge in [-0.15, -0.1) is 0 Å². The van der Waals surface area contributed by atoms with Gasteiger partial charge in [0.1, 0.15) is 0 Å². The molecule has 21 heavy (non-hydrogen) atoms. The zero-order chi connectivity index (χ0) is 15.6. The Morgan fingerprint density at radius 1 is 1.24 bits per heavy atom. The number of aryl methyl sites for hydroxylation is 3. The first-order valence-corrected chi connectivity index (χ1v) is 7.80. The third kappa shape index (κ3) is 3.30. The molecule has 0 bridgehead atoms. The van der Waals surface area contributed by atoms with Crippen molar-refractivity contribution in [2.75, 3.05) is 0 Å². The molecule has 2 aromatic rings. The van der Waals surface area contributed by atoms with E-state index in [1.165, 1.54) is 5.56 Å². The van der Waals surface area contributed by atoms with E-state index in [9.17, 15) is 5.11 Å². The van der Waals surface area contributed by atoms with Crippen LogP contribution in [0.3, 0.4) is 0 Å². The average molecular weight is 307 g/mol. The van der Waals surface area contributed by atoms with E-state index in [2.05, 4.69) is 5.10 Å². The molecule has 1 atom stereocenters. The molecule has 0 spiro atoms. The van der Waals surface area contributed by atoms with E-state index in [1.807, 2.05) is 56.6 Å². The summed E-state index contributed by atoms with van der Waals surface area (Å²) in [5.41, 5.74) is 2.91. The number of hydrogen-bond donors (Lipinski definition) is 1. The molecule has 0 saturated heterocycles. The maximum absolute atomic E-state index is 10.9. The number of halogens is 1. The van der Waals surface area contributed by atoms with Crippen molar-refractivity contribution in [2.24, 2.45) is 0 Å². The van der Waals surface area contributed by atoms with E-state index < -0.39 is 5.60 Å². The van der Waals surface area contributed by atoms with Crippen LogP contribution in [0.15, 0.2) is 24.3 Å². The van der Waals surface area contributed by atoms with Gasteiger partial charge in [-0.1, -0.05) is 48.4 Å². The minimum atomic E-state index is -0.963. The lowest BCUT2D eigenvalue weighted by Crippen LogP contribution is -2.26. The second-order valence-corrected chi connectivity index (χ2v) is 6.07. The lowest BCUT2D eigenvalue weighted by atomic mass is 9.90. The van der Waals surface area contributed by atoms with Crippen molar-refractivity contribution < 1.29 is 5.11 Å². The maximum atomic E-state index is 10.9. The van der Waals surface area contributed by atoms with Crippen LogP contribution in [0.25, 0.3) is 0 Å². The second-order valence-electron chi connectivity index (χ2n) is 5.69. The lowest BCUT2D eigenvalue weighted by molar-refractivity contribution is 0.0554. The summed E-state index contributed by atoms with van der Waals surface area (Å²) in [5, 5.41) is 16.1. The van der Waals surface area contributed by atoms with Gasteiger partial charge in [0.25, 0.3) is 0 Å². The Kier molecular flexibility index (Phi) is 4.74. The largest absolute Gasteiger partial charge is 0.385 e. The topological polar surface area (TPSA) is 38.0 Å². The number of nitrogens with zero attached hydrogens (tertiary/aromatic N) is 2. The van der Waals surface area contributed by atoms with Gasteiger partial charge in [0.05, 0.1) is 22.0 Å². The van der Waals surface area contributed by atoms with Crippen molar-refractivity contribution in [3.8, 4) is 0 Å². The molecule has 3 nitrogen and oxygen atoms in total. The van der Waals surface area contributed by atoms with Gasteiger partial charge >= 0.3 is 0 Å². The number of aliphatic hydroxyl groups is 1. The molecular weight excluding hydrogens is 284 g/mol. The number of hydrogen-bond acceptors (Lipinski definition) is 2. The Labute approximate surface area is 131 Å². The second kappa shape index (κ2) is 6.20. The van der Waals surface area contributed by atoms with Gasteiger partial charge in [-0.2, -0.15) is 5.10 Å². The highest BCUT2D eigenvalue weighted by Gasteiger charge is 2.28. The third-order valence-corrected chi connectivity index (χ3v) is 4.32. The summed E-state index contributed by atoms with van der Waals surface area (Å²) >= 11 is 6.43. The van der Waals surface area contributed by atoms with E-state index >= 15 is 0 Å². The molecule has 0 aliphatic carbocycles. The van der Waals surface area contributed by atoms with Crippen LogP contribution >= 0.6 is 11.6 Å². The van der Waals surface area contributed by atoms with Crippen molar-refractivity contribution in [1.29, 1.82) is 0 Å². The summed E-state index contributed by atoms with van der Waals surface area (Å²) in [6, 6.07) is 7.97. The predicted octanol–water partition coefficient (Wildman–Crippen LogP) is 3.88. The Hall–Kier alpha value is -1.32. The van der Waals surface area contributed by atoms with Gasteiger partial charge in [-0.25, -0.2) is 0 Å². The Balaban J connectivity index is 2.36. The lowest BCUT2D eigenvalue weighted by Gasteiger charge is -2.24. The molecule has 2 rings (SSSR count). The molecule has 1 N–H and O–H groups in total. The highest BCUT2D eigenvalue weighted by Crippen LogP contribution is 2.30. The van der Waals surface area contributed by atoms with E-state index in [0.29, 0.717) is 11.4 Å². The van der Waals surface area contributed by atoms with Crippen LogP contribution in [0.1, 0.15) is 43.3 Å². The fourth-order valence-corrected chi connectivity index (χ4v) is 2.86. The molecule has 0 amide bonds. The van der Waals surface area contributed by atoms with Crippen LogP contribution in [0, 0.1) is 6.92 Å². The summed E-state index contributed by atoms with van der Waals surface area (Å²) in [4.78, 5) is 0. The summed E-state index contributed by atoms with van der Waals surface area (Å²) in [6.07, 6.45) is 1.25. The van der Waals surface area contributed by atoms with Crippen molar-refractivity contribution in [3.63, 3.8) is 0 Å². The summed E-state index contributed by atoms with van der Waals surface area (Å²) in [7, 11) is 0. The molecule has 0 aliphatic rings. The highest BCUT2D eigenvalue weighted by atomic mass is 35.5. The molecular formula is C17H23ClN2O. The summed E-state index contributed by atoms with van der Waals surface area (Å²) in [5.74, 6) is 0. The molecule has 0 radical (unpaired) electrons. The zero-order valence-electron chi connectivity index (χ0n) is 13.2. The molecule has 1 aromatic heterocycles. The van der Waals surface area contributed by atoms with Gasteiger partial charge in [0.15, 0.2) is 0 Å². The molecule has 1 heterocycles. The van der Waals surface area contributed by atoms with Crippen LogP contribution in [-0.4, -0.2) is 14.9 Å². The fraction of sp³-hybridized carbons (Fsp3) is 0.471. The smallest absolute Gasteiger partial charge is 0.0924 e. The highest BCUT2D eigenvalue weighted by molar-refractivity contribution is 6.31. The van der Waals surface area contributed by atoms with Crippen LogP contribution in [0.2, 0.25) is 5.02 Å². The minimum Gasteiger partial charge on any atom is -0.385 e. The molecule has 114 valence electrons. The fourth-order valence-electron chi connectivity index (χ4n) is 2.53. The van der Waals surface area contributed by atoms with Gasteiger partial charge in [0.2, 0.25) is 0 Å². The SMILES string of the molecule is CCc1nn(CC)c(CC(C)(O)c2ccc(C)cc2)c1Cl. The van der Waals surface area contributed by atoms with Crippen LogP contribution in [0.5, 0.6) is 0 Å². The van der Waals surface area contributed by atoms with Crippen LogP contribution < -0.4 is 0 Å². The Bertz CT molecular complexity index is 614. The van der Waals surface area contributed by atoms with Gasteiger partial charge in [-0.3, -0.25) is 4.68 Å². The standard InChI is InChI=1S/C17H23ClN2O/c1-5-14-16(18)15(20(6-2)19-14)11-17(4,21)13-9-7-12(3)8-10-13/h7-10,21H,5-6,11H2,1-4H3. The molecule has 0 saturated carbocycles. The van der Waals surface area contributed by atoms with Crippen LogP contribution in [-0.2, 0) is 25.0 Å². The number of aromatic nitrogens is 2. The normalized spacial score (nSPS) is 14.2. The van der Waals surface area contributed by atoms with Gasteiger partial charge in [0, 0.05) is 13.0 Å². The minimum absolute atomic E-state index is 0.454. The van der Waals surface area contributed by atoms with E-state index in [-0.39, 0.29) is 0 Å².